The highest BCUT2D eigenvalue weighted by molar-refractivity contribution is 6.38. The third kappa shape index (κ3) is 8.83. The first-order chi connectivity index (χ1) is 23.4. The van der Waals surface area contributed by atoms with Gasteiger partial charge in [0.1, 0.15) is 23.8 Å². The Morgan fingerprint density at radius 1 is 0.898 bits per heavy atom. The van der Waals surface area contributed by atoms with Crippen LogP contribution in [0.2, 0.25) is 0 Å². The molecule has 0 aromatic carbocycles. The summed E-state index contributed by atoms with van der Waals surface area (Å²) in [6.07, 6.45) is 13.9. The van der Waals surface area contributed by atoms with Crippen LogP contribution in [0.4, 0.5) is 0 Å². The number of ketones is 1. The van der Waals surface area contributed by atoms with E-state index in [1.54, 1.807) is 4.90 Å². The standard InChI is InChI=1S/C36H53N7O6/c1-5-10-25(29(44)34(48)39-23-15-16-23)40-33(47)28-24-14-9-13-22(24)20-43(28)35(49)30(36(2,3)4)42-32(46)27(21-11-7-6-8-12-21)41-31(45)26-19-37-17-18-38-26/h17-19,21-25,27-28,30H,5-16,20H2,1-4H3,(H,39,48)(H,40,47)(H,41,45)(H,42,46)/t22?,24?,25-,27-,28?,30+/m0/s1. The molecule has 268 valence electrons. The largest absolute Gasteiger partial charge is 0.347 e. The molecule has 13 heteroatoms. The molecular weight excluding hydrogens is 626 g/mol. The lowest BCUT2D eigenvalue weighted by atomic mass is 9.82. The molecule has 2 heterocycles. The molecule has 0 radical (unpaired) electrons. The van der Waals surface area contributed by atoms with Crippen LogP contribution < -0.4 is 21.3 Å². The normalized spacial score (nSPS) is 24.2. The molecule has 4 aliphatic rings. The fourth-order valence-electron chi connectivity index (χ4n) is 7.87. The lowest BCUT2D eigenvalue weighted by Gasteiger charge is -2.38. The summed E-state index contributed by atoms with van der Waals surface area (Å²) in [5.41, 5.74) is -0.638. The Balaban J connectivity index is 1.36. The second kappa shape index (κ2) is 15.8. The van der Waals surface area contributed by atoms with Crippen LogP contribution in [0.25, 0.3) is 0 Å². The van der Waals surface area contributed by atoms with Crippen LogP contribution in [0.3, 0.4) is 0 Å². The molecule has 1 aromatic heterocycles. The zero-order valence-corrected chi connectivity index (χ0v) is 29.3. The molecule has 1 aliphatic heterocycles. The molecule has 5 amide bonds. The molecule has 5 rings (SSSR count). The lowest BCUT2D eigenvalue weighted by Crippen LogP contribution is -2.62. The molecule has 3 saturated carbocycles. The number of aromatic nitrogens is 2. The van der Waals surface area contributed by atoms with Gasteiger partial charge in [-0.15, -0.1) is 0 Å². The molecule has 0 spiro atoms. The number of carbonyl (C=O) groups excluding carboxylic acids is 6. The van der Waals surface area contributed by atoms with Gasteiger partial charge < -0.3 is 26.2 Å². The first-order valence-corrected chi connectivity index (χ1v) is 18.2. The molecule has 1 saturated heterocycles. The molecule has 3 unspecified atom stereocenters. The number of hydrogen-bond acceptors (Lipinski definition) is 8. The number of carbonyl (C=O) groups is 6. The van der Waals surface area contributed by atoms with Gasteiger partial charge >= 0.3 is 0 Å². The van der Waals surface area contributed by atoms with E-state index in [0.717, 1.165) is 64.2 Å². The summed E-state index contributed by atoms with van der Waals surface area (Å²) in [6, 6.07) is -3.68. The van der Waals surface area contributed by atoms with Crippen molar-refractivity contribution in [2.75, 3.05) is 6.54 Å². The minimum absolute atomic E-state index is 0.0132. The van der Waals surface area contributed by atoms with Crippen LogP contribution in [-0.4, -0.2) is 86.9 Å². The summed E-state index contributed by atoms with van der Waals surface area (Å²) >= 11 is 0. The minimum atomic E-state index is -0.994. The van der Waals surface area contributed by atoms with Gasteiger partial charge in [-0.25, -0.2) is 4.98 Å². The van der Waals surface area contributed by atoms with Crippen molar-refractivity contribution >= 4 is 35.3 Å². The molecule has 49 heavy (non-hydrogen) atoms. The molecule has 4 fully saturated rings. The Morgan fingerprint density at radius 3 is 2.27 bits per heavy atom. The molecule has 13 nitrogen and oxygen atoms in total. The predicted octanol–water partition coefficient (Wildman–Crippen LogP) is 2.45. The molecule has 1 aromatic rings. The van der Waals surface area contributed by atoms with E-state index in [-0.39, 0.29) is 35.4 Å². The van der Waals surface area contributed by atoms with E-state index in [9.17, 15) is 28.8 Å². The van der Waals surface area contributed by atoms with Gasteiger partial charge in [-0.1, -0.05) is 59.8 Å². The summed E-state index contributed by atoms with van der Waals surface area (Å²) in [7, 11) is 0. The lowest BCUT2D eigenvalue weighted by molar-refractivity contribution is -0.146. The first kappa shape index (κ1) is 36.4. The van der Waals surface area contributed by atoms with Crippen molar-refractivity contribution in [2.24, 2.45) is 23.2 Å². The number of nitrogens with one attached hydrogen (secondary N) is 4. The Morgan fingerprint density at radius 2 is 1.63 bits per heavy atom. The number of nitrogens with zero attached hydrogens (tertiary/aromatic N) is 3. The van der Waals surface area contributed by atoms with Crippen LogP contribution in [0.15, 0.2) is 18.6 Å². The maximum absolute atomic E-state index is 14.6. The number of hydrogen-bond donors (Lipinski definition) is 4. The van der Waals surface area contributed by atoms with Gasteiger partial charge in [0.15, 0.2) is 0 Å². The average molecular weight is 680 g/mol. The van der Waals surface area contributed by atoms with Crippen molar-refractivity contribution in [3.05, 3.63) is 24.3 Å². The predicted molar refractivity (Wildman–Crippen MR) is 181 cm³/mol. The third-order valence-corrected chi connectivity index (χ3v) is 10.7. The second-order valence-corrected chi connectivity index (χ2v) is 15.5. The van der Waals surface area contributed by atoms with E-state index in [0.29, 0.717) is 19.4 Å². The van der Waals surface area contributed by atoms with Crippen molar-refractivity contribution < 1.29 is 28.8 Å². The Bertz CT molecular complexity index is 1390. The van der Waals surface area contributed by atoms with E-state index in [1.165, 1.54) is 18.6 Å². The Kier molecular flexibility index (Phi) is 11.7. The monoisotopic (exact) mass is 679 g/mol. The number of fused-ring (bicyclic) bond motifs is 1. The minimum Gasteiger partial charge on any atom is -0.347 e. The second-order valence-electron chi connectivity index (χ2n) is 15.5. The van der Waals surface area contributed by atoms with Crippen molar-refractivity contribution in [3.8, 4) is 0 Å². The van der Waals surface area contributed by atoms with Crippen molar-refractivity contribution in [3.63, 3.8) is 0 Å². The van der Waals surface area contributed by atoms with Gasteiger partial charge in [0.05, 0.1) is 12.2 Å². The van der Waals surface area contributed by atoms with E-state index in [2.05, 4.69) is 31.2 Å². The highest BCUT2D eigenvalue weighted by atomic mass is 16.2. The quantitative estimate of drug-likeness (QED) is 0.230. The summed E-state index contributed by atoms with van der Waals surface area (Å²) < 4.78 is 0. The zero-order valence-electron chi connectivity index (χ0n) is 29.3. The van der Waals surface area contributed by atoms with Gasteiger partial charge in [0.2, 0.25) is 23.5 Å². The molecule has 0 bridgehead atoms. The van der Waals surface area contributed by atoms with E-state index in [1.807, 2.05) is 27.7 Å². The van der Waals surface area contributed by atoms with E-state index >= 15 is 0 Å². The summed E-state index contributed by atoms with van der Waals surface area (Å²) in [4.78, 5) is 91.4. The van der Waals surface area contributed by atoms with Crippen LogP contribution in [-0.2, 0) is 24.0 Å². The van der Waals surface area contributed by atoms with Gasteiger partial charge in [-0.2, -0.15) is 0 Å². The van der Waals surface area contributed by atoms with Gasteiger partial charge in [0, 0.05) is 25.0 Å². The van der Waals surface area contributed by atoms with E-state index in [4.69, 9.17) is 0 Å². The smallest absolute Gasteiger partial charge is 0.289 e. The maximum Gasteiger partial charge on any atom is 0.289 e. The number of amides is 5. The van der Waals surface area contributed by atoms with Crippen molar-refractivity contribution in [2.45, 2.75) is 135 Å². The van der Waals surface area contributed by atoms with Gasteiger partial charge in [0.25, 0.3) is 11.8 Å². The number of likely N-dealkylation sites (tertiary alicyclic amines) is 1. The van der Waals surface area contributed by atoms with Crippen LogP contribution in [0, 0.1) is 23.2 Å². The summed E-state index contributed by atoms with van der Waals surface area (Å²) in [5, 5.41) is 11.5. The summed E-state index contributed by atoms with van der Waals surface area (Å²) in [5.74, 6) is -3.20. The van der Waals surface area contributed by atoms with E-state index < -0.39 is 59.0 Å². The molecule has 6 atom stereocenters. The highest BCUT2D eigenvalue weighted by Crippen LogP contribution is 2.43. The highest BCUT2D eigenvalue weighted by Gasteiger charge is 2.52. The fraction of sp³-hybridized carbons (Fsp3) is 0.722. The number of rotatable bonds is 13. The van der Waals surface area contributed by atoms with Gasteiger partial charge in [-0.05, 0) is 68.1 Å². The molecule has 4 N–H and O–H groups in total. The Labute approximate surface area is 288 Å². The Hall–Kier alpha value is -3.90. The topological polar surface area (TPSA) is 180 Å². The molecular formula is C36H53N7O6. The third-order valence-electron chi connectivity index (χ3n) is 10.7. The van der Waals surface area contributed by atoms with Crippen LogP contribution >= 0.6 is 0 Å². The maximum atomic E-state index is 14.6. The SMILES string of the molecule is CCC[C@H](NC(=O)C1C2CCCC2CN1C(=O)[C@@H](NC(=O)[C@@H](NC(=O)c1cnccn1)C1CCCCC1)C(C)(C)C)C(=O)C(=O)NC1CC1. The van der Waals surface area contributed by atoms with Crippen LogP contribution in [0.1, 0.15) is 115 Å². The fourth-order valence-corrected chi connectivity index (χ4v) is 7.87. The summed E-state index contributed by atoms with van der Waals surface area (Å²) in [6.45, 7) is 7.85. The van der Waals surface area contributed by atoms with Gasteiger partial charge in [-0.3, -0.25) is 33.8 Å². The molecule has 3 aliphatic carbocycles. The average Bonchev–Trinajstić information content (AvgIpc) is 3.65. The number of Topliss-reactive ketones (excluding diaryl/α,β-unsaturated/α-hetero) is 1. The van der Waals surface area contributed by atoms with Crippen molar-refractivity contribution in [1.82, 2.24) is 36.1 Å². The first-order valence-electron chi connectivity index (χ1n) is 18.2. The zero-order chi connectivity index (χ0) is 35.3. The van der Waals surface area contributed by atoms with Crippen LogP contribution in [0.5, 0.6) is 0 Å². The van der Waals surface area contributed by atoms with Crippen molar-refractivity contribution in [1.29, 1.82) is 0 Å².